The number of carboxylic acid groups (broad SMARTS) is 1. The Kier molecular flexibility index (Phi) is 7.07. The van der Waals surface area contributed by atoms with Gasteiger partial charge in [-0.15, -0.1) is 0 Å². The Bertz CT molecular complexity index is 499. The van der Waals surface area contributed by atoms with E-state index < -0.39 is 17.3 Å². The number of alkyl halides is 1. The highest BCUT2D eigenvalue weighted by atomic mass is 79.9. The van der Waals surface area contributed by atoms with Crippen LogP contribution in [0, 0.1) is 11.3 Å². The Balaban J connectivity index is 2.78. The van der Waals surface area contributed by atoms with Crippen LogP contribution in [0.1, 0.15) is 44.0 Å². The lowest BCUT2D eigenvalue weighted by atomic mass is 9.80. The number of esters is 1. The number of carbonyl (C=O) groups is 2. The molecule has 2 atom stereocenters. The number of carbonyl (C=O) groups excluding carboxylic acids is 1. The van der Waals surface area contributed by atoms with Crippen molar-refractivity contribution >= 4 is 27.9 Å². The minimum absolute atomic E-state index is 0.0622. The number of rotatable bonds is 8. The maximum absolute atomic E-state index is 12.0. The lowest BCUT2D eigenvalue weighted by Gasteiger charge is -2.26. The summed E-state index contributed by atoms with van der Waals surface area (Å²) in [5, 5.41) is 9.47. The van der Waals surface area contributed by atoms with Crippen molar-refractivity contribution in [1.82, 2.24) is 0 Å². The molecule has 0 radical (unpaired) electrons. The first-order valence-corrected chi connectivity index (χ1v) is 8.28. The van der Waals surface area contributed by atoms with Gasteiger partial charge in [-0.1, -0.05) is 46.3 Å². The van der Waals surface area contributed by atoms with Gasteiger partial charge in [-0.3, -0.25) is 9.59 Å². The highest BCUT2D eigenvalue weighted by Gasteiger charge is 2.36. The first kappa shape index (κ1) is 18.7. The Labute approximate surface area is 140 Å². The third-order valence-electron chi connectivity index (χ3n) is 3.59. The summed E-state index contributed by atoms with van der Waals surface area (Å²) in [6, 6.07) is 9.66. The van der Waals surface area contributed by atoms with Crippen LogP contribution in [0.15, 0.2) is 30.3 Å². The van der Waals surface area contributed by atoms with Crippen LogP contribution < -0.4 is 0 Å². The van der Waals surface area contributed by atoms with E-state index in [1.807, 2.05) is 30.3 Å². The molecule has 0 bridgehead atoms. The van der Waals surface area contributed by atoms with Crippen molar-refractivity contribution < 1.29 is 19.4 Å². The van der Waals surface area contributed by atoms with E-state index in [-0.39, 0.29) is 17.2 Å². The van der Waals surface area contributed by atoms with Crippen molar-refractivity contribution in [2.45, 2.75) is 38.4 Å². The summed E-state index contributed by atoms with van der Waals surface area (Å²) in [5.41, 5.74) is 0.213. The molecule has 22 heavy (non-hydrogen) atoms. The average Bonchev–Trinajstić information content (AvgIpc) is 2.47. The highest BCUT2D eigenvalue weighted by Crippen LogP contribution is 2.36. The highest BCUT2D eigenvalue weighted by molar-refractivity contribution is 9.09. The van der Waals surface area contributed by atoms with Crippen LogP contribution in [0.25, 0.3) is 0 Å². The quantitative estimate of drug-likeness (QED) is 0.550. The monoisotopic (exact) mass is 370 g/mol. The van der Waals surface area contributed by atoms with Gasteiger partial charge < -0.3 is 9.84 Å². The van der Waals surface area contributed by atoms with Crippen molar-refractivity contribution in [3.05, 3.63) is 35.9 Å². The molecule has 0 spiro atoms. The van der Waals surface area contributed by atoms with Crippen molar-refractivity contribution in [2.75, 3.05) is 6.61 Å². The third kappa shape index (κ3) is 5.44. The normalized spacial score (nSPS) is 14.2. The topological polar surface area (TPSA) is 63.6 Å². The molecule has 1 N–H and O–H groups in total. The minimum atomic E-state index is -0.891. The molecule has 4 nitrogen and oxygen atoms in total. The largest absolute Gasteiger partial charge is 0.481 e. The van der Waals surface area contributed by atoms with Gasteiger partial charge in [0.05, 0.1) is 17.9 Å². The molecule has 0 aromatic heterocycles. The molecular formula is C17H23BrO4. The zero-order valence-electron chi connectivity index (χ0n) is 13.2. The van der Waals surface area contributed by atoms with Gasteiger partial charge in [-0.05, 0) is 39.2 Å². The molecule has 1 rings (SSSR count). The second kappa shape index (κ2) is 8.32. The standard InChI is InChI=1S/C17H23BrO4/c1-4-22-16(21)17(2,3)11-13(15(19)20)10-14(18)12-8-6-5-7-9-12/h5-9,13-14H,4,10-11H2,1-3H3,(H,19,20). The molecule has 1 aromatic rings. The van der Waals surface area contributed by atoms with Gasteiger partial charge in [0.1, 0.15) is 0 Å². The molecular weight excluding hydrogens is 348 g/mol. The van der Waals surface area contributed by atoms with E-state index in [1.54, 1.807) is 20.8 Å². The molecule has 0 saturated carbocycles. The lowest BCUT2D eigenvalue weighted by molar-refractivity contribution is -0.156. The van der Waals surface area contributed by atoms with E-state index in [0.717, 1.165) is 5.56 Å². The molecule has 0 aliphatic rings. The van der Waals surface area contributed by atoms with Crippen LogP contribution in [0.4, 0.5) is 0 Å². The fourth-order valence-electron chi connectivity index (χ4n) is 2.34. The predicted octanol–water partition coefficient (Wildman–Crippen LogP) is 4.19. The summed E-state index contributed by atoms with van der Waals surface area (Å²) in [5.74, 6) is -1.87. The molecule has 122 valence electrons. The van der Waals surface area contributed by atoms with E-state index in [2.05, 4.69) is 15.9 Å². The van der Waals surface area contributed by atoms with Gasteiger partial charge in [0.15, 0.2) is 0 Å². The van der Waals surface area contributed by atoms with Gasteiger partial charge >= 0.3 is 11.9 Å². The maximum atomic E-state index is 12.0. The van der Waals surface area contributed by atoms with Crippen LogP contribution in [0.3, 0.4) is 0 Å². The van der Waals surface area contributed by atoms with Crippen molar-refractivity contribution in [3.63, 3.8) is 0 Å². The number of carboxylic acids is 1. The number of halogens is 1. The molecule has 0 saturated heterocycles. The van der Waals surface area contributed by atoms with Gasteiger partial charge in [-0.25, -0.2) is 0 Å². The van der Waals surface area contributed by atoms with E-state index in [0.29, 0.717) is 13.0 Å². The first-order chi connectivity index (χ1) is 10.3. The van der Waals surface area contributed by atoms with Crippen LogP contribution in [0.2, 0.25) is 0 Å². The second-order valence-corrected chi connectivity index (χ2v) is 7.06. The van der Waals surface area contributed by atoms with Gasteiger partial charge in [0.25, 0.3) is 0 Å². The fourth-order valence-corrected chi connectivity index (χ4v) is 3.10. The third-order valence-corrected chi connectivity index (χ3v) is 4.49. The Morgan fingerprint density at radius 1 is 1.27 bits per heavy atom. The maximum Gasteiger partial charge on any atom is 0.311 e. The molecule has 5 heteroatoms. The van der Waals surface area contributed by atoms with Gasteiger partial charge in [0.2, 0.25) is 0 Å². The first-order valence-electron chi connectivity index (χ1n) is 7.37. The van der Waals surface area contributed by atoms with E-state index in [1.165, 1.54) is 0 Å². The van der Waals surface area contributed by atoms with E-state index in [4.69, 9.17) is 4.74 Å². The number of benzene rings is 1. The average molecular weight is 371 g/mol. The Hall–Kier alpha value is -1.36. The summed E-state index contributed by atoms with van der Waals surface area (Å²) in [4.78, 5) is 23.4. The predicted molar refractivity (Wildman–Crippen MR) is 88.9 cm³/mol. The summed E-state index contributed by atoms with van der Waals surface area (Å²) < 4.78 is 5.03. The van der Waals surface area contributed by atoms with Gasteiger partial charge in [-0.2, -0.15) is 0 Å². The van der Waals surface area contributed by atoms with Crippen LogP contribution >= 0.6 is 15.9 Å². The second-order valence-electron chi connectivity index (χ2n) is 5.96. The number of hydrogen-bond acceptors (Lipinski definition) is 3. The Morgan fingerprint density at radius 2 is 1.86 bits per heavy atom. The smallest absolute Gasteiger partial charge is 0.311 e. The molecule has 0 aliphatic carbocycles. The van der Waals surface area contributed by atoms with Crippen LogP contribution in [-0.4, -0.2) is 23.7 Å². The molecule has 0 aliphatic heterocycles. The Morgan fingerprint density at radius 3 is 2.36 bits per heavy atom. The molecule has 2 unspecified atom stereocenters. The summed E-state index contributed by atoms with van der Waals surface area (Å²) in [6.45, 7) is 5.50. The molecule has 0 heterocycles. The number of ether oxygens (including phenoxy) is 1. The molecule has 0 fully saturated rings. The van der Waals surface area contributed by atoms with Crippen LogP contribution in [0.5, 0.6) is 0 Å². The molecule has 0 amide bonds. The minimum Gasteiger partial charge on any atom is -0.481 e. The van der Waals surface area contributed by atoms with E-state index >= 15 is 0 Å². The van der Waals surface area contributed by atoms with Crippen LogP contribution in [-0.2, 0) is 14.3 Å². The number of aliphatic carboxylic acids is 1. The zero-order valence-corrected chi connectivity index (χ0v) is 14.8. The SMILES string of the molecule is CCOC(=O)C(C)(C)CC(CC(Br)c1ccccc1)C(=O)O. The van der Waals surface area contributed by atoms with Crippen molar-refractivity contribution in [2.24, 2.45) is 11.3 Å². The van der Waals surface area contributed by atoms with Crippen molar-refractivity contribution in [3.8, 4) is 0 Å². The fraction of sp³-hybridized carbons (Fsp3) is 0.529. The van der Waals surface area contributed by atoms with Crippen molar-refractivity contribution in [1.29, 1.82) is 0 Å². The summed E-state index contributed by atoms with van der Waals surface area (Å²) in [6.07, 6.45) is 0.665. The summed E-state index contributed by atoms with van der Waals surface area (Å²) in [7, 11) is 0. The zero-order chi connectivity index (χ0) is 16.8. The van der Waals surface area contributed by atoms with Gasteiger partial charge in [0, 0.05) is 4.83 Å². The summed E-state index contributed by atoms with van der Waals surface area (Å²) >= 11 is 3.55. The number of hydrogen-bond donors (Lipinski definition) is 1. The molecule has 1 aromatic carbocycles. The van der Waals surface area contributed by atoms with E-state index in [9.17, 15) is 14.7 Å². The lowest BCUT2D eigenvalue weighted by Crippen LogP contribution is -2.32.